The second-order valence-corrected chi connectivity index (χ2v) is 3.34. The van der Waals surface area contributed by atoms with Crippen molar-refractivity contribution >= 4 is 12.1 Å². The summed E-state index contributed by atoms with van der Waals surface area (Å²) in [5, 5.41) is 2.46. The van der Waals surface area contributed by atoms with Crippen LogP contribution < -0.4 is 5.32 Å². The standard InChI is InChI=1S/C12H21NO5/c1-3-11(14)17-10-7-13-12(15)18-9-6-5-8-16-4-2/h3H,1,4-10H2,2H3,(H,13,15). The molecule has 6 heteroatoms. The van der Waals surface area contributed by atoms with Gasteiger partial charge < -0.3 is 19.5 Å². The Morgan fingerprint density at radius 2 is 1.89 bits per heavy atom. The number of ether oxygens (including phenoxy) is 3. The van der Waals surface area contributed by atoms with Gasteiger partial charge in [0.2, 0.25) is 0 Å². The van der Waals surface area contributed by atoms with Crippen molar-refractivity contribution in [2.75, 3.05) is 33.0 Å². The molecule has 0 aromatic heterocycles. The molecule has 6 nitrogen and oxygen atoms in total. The Labute approximate surface area is 107 Å². The topological polar surface area (TPSA) is 73.9 Å². The van der Waals surface area contributed by atoms with Crippen LogP contribution in [-0.2, 0) is 19.0 Å². The van der Waals surface area contributed by atoms with Gasteiger partial charge in [-0.25, -0.2) is 9.59 Å². The van der Waals surface area contributed by atoms with Crippen molar-refractivity contribution in [3.8, 4) is 0 Å². The van der Waals surface area contributed by atoms with Crippen molar-refractivity contribution < 1.29 is 23.8 Å². The summed E-state index contributed by atoms with van der Waals surface area (Å²) in [7, 11) is 0. The predicted octanol–water partition coefficient (Wildman–Crippen LogP) is 1.26. The van der Waals surface area contributed by atoms with Gasteiger partial charge in [-0.05, 0) is 19.8 Å². The maximum atomic E-state index is 11.1. The Kier molecular flexibility index (Phi) is 10.9. The summed E-state index contributed by atoms with van der Waals surface area (Å²) >= 11 is 0. The molecule has 0 aromatic rings. The van der Waals surface area contributed by atoms with E-state index in [-0.39, 0.29) is 13.2 Å². The van der Waals surface area contributed by atoms with Crippen LogP contribution >= 0.6 is 0 Å². The number of carbonyl (C=O) groups excluding carboxylic acids is 2. The maximum absolute atomic E-state index is 11.1. The third-order valence-electron chi connectivity index (χ3n) is 1.90. The molecular formula is C12H21NO5. The van der Waals surface area contributed by atoms with E-state index in [0.29, 0.717) is 19.8 Å². The van der Waals surface area contributed by atoms with Gasteiger partial charge in [0.15, 0.2) is 0 Å². The molecule has 0 rings (SSSR count). The quantitative estimate of drug-likeness (QED) is 0.363. The molecule has 0 bridgehead atoms. The lowest BCUT2D eigenvalue weighted by atomic mass is 10.3. The first-order valence-corrected chi connectivity index (χ1v) is 5.98. The van der Waals surface area contributed by atoms with Crippen molar-refractivity contribution in [3.63, 3.8) is 0 Å². The summed E-state index contributed by atoms with van der Waals surface area (Å²) in [6.45, 7) is 7.23. The zero-order valence-corrected chi connectivity index (χ0v) is 10.8. The summed E-state index contributed by atoms with van der Waals surface area (Å²) in [6.07, 6.45) is 2.18. The van der Waals surface area contributed by atoms with E-state index < -0.39 is 12.1 Å². The molecule has 0 aliphatic rings. The largest absolute Gasteiger partial charge is 0.461 e. The number of hydrogen-bond acceptors (Lipinski definition) is 5. The van der Waals surface area contributed by atoms with Crippen LogP contribution in [0.3, 0.4) is 0 Å². The van der Waals surface area contributed by atoms with Gasteiger partial charge in [-0.15, -0.1) is 0 Å². The van der Waals surface area contributed by atoms with Crippen molar-refractivity contribution in [1.82, 2.24) is 5.32 Å². The van der Waals surface area contributed by atoms with E-state index in [2.05, 4.69) is 16.6 Å². The summed E-state index contributed by atoms with van der Waals surface area (Å²) < 4.78 is 14.7. The Morgan fingerprint density at radius 1 is 1.17 bits per heavy atom. The Hall–Kier alpha value is -1.56. The van der Waals surface area contributed by atoms with Gasteiger partial charge >= 0.3 is 12.1 Å². The van der Waals surface area contributed by atoms with E-state index in [4.69, 9.17) is 9.47 Å². The maximum Gasteiger partial charge on any atom is 0.407 e. The normalized spacial score (nSPS) is 9.61. The number of carbonyl (C=O) groups is 2. The highest BCUT2D eigenvalue weighted by Crippen LogP contribution is 1.91. The van der Waals surface area contributed by atoms with E-state index >= 15 is 0 Å². The van der Waals surface area contributed by atoms with Crippen LogP contribution in [0.15, 0.2) is 12.7 Å². The van der Waals surface area contributed by atoms with Gasteiger partial charge in [0.1, 0.15) is 6.61 Å². The van der Waals surface area contributed by atoms with Gasteiger partial charge in [-0.2, -0.15) is 0 Å². The molecule has 0 atom stereocenters. The van der Waals surface area contributed by atoms with Gasteiger partial charge in [0, 0.05) is 19.3 Å². The molecule has 0 saturated heterocycles. The van der Waals surface area contributed by atoms with E-state index in [0.717, 1.165) is 18.9 Å². The Bertz CT molecular complexity index is 255. The summed E-state index contributed by atoms with van der Waals surface area (Å²) in [6, 6.07) is 0. The second-order valence-electron chi connectivity index (χ2n) is 3.34. The lowest BCUT2D eigenvalue weighted by Gasteiger charge is -2.07. The SMILES string of the molecule is C=CC(=O)OCCNC(=O)OCCCCOCC. The molecule has 104 valence electrons. The van der Waals surface area contributed by atoms with Crippen LogP contribution in [-0.4, -0.2) is 45.0 Å². The fourth-order valence-electron chi connectivity index (χ4n) is 1.03. The van der Waals surface area contributed by atoms with Crippen LogP contribution in [0.1, 0.15) is 19.8 Å². The van der Waals surface area contributed by atoms with E-state index in [9.17, 15) is 9.59 Å². The molecule has 0 aliphatic heterocycles. The lowest BCUT2D eigenvalue weighted by molar-refractivity contribution is -0.137. The zero-order chi connectivity index (χ0) is 13.6. The number of esters is 1. The van der Waals surface area contributed by atoms with Crippen LogP contribution in [0, 0.1) is 0 Å². The molecule has 0 unspecified atom stereocenters. The van der Waals surface area contributed by atoms with Crippen molar-refractivity contribution in [2.45, 2.75) is 19.8 Å². The minimum absolute atomic E-state index is 0.101. The fraction of sp³-hybridized carbons (Fsp3) is 0.667. The van der Waals surface area contributed by atoms with Gasteiger partial charge in [-0.3, -0.25) is 0 Å². The number of unbranched alkanes of at least 4 members (excludes halogenated alkanes) is 1. The van der Waals surface area contributed by atoms with Crippen LogP contribution in [0.25, 0.3) is 0 Å². The van der Waals surface area contributed by atoms with E-state index in [1.165, 1.54) is 0 Å². The molecule has 0 aliphatic carbocycles. The first-order valence-electron chi connectivity index (χ1n) is 5.98. The van der Waals surface area contributed by atoms with Gasteiger partial charge in [-0.1, -0.05) is 6.58 Å². The van der Waals surface area contributed by atoms with Crippen molar-refractivity contribution in [2.24, 2.45) is 0 Å². The molecule has 18 heavy (non-hydrogen) atoms. The molecule has 0 radical (unpaired) electrons. The summed E-state index contributed by atoms with van der Waals surface area (Å²) in [4.78, 5) is 21.8. The Balaban J connectivity index is 3.27. The Morgan fingerprint density at radius 3 is 2.56 bits per heavy atom. The molecule has 0 aromatic carbocycles. The highest BCUT2D eigenvalue weighted by molar-refractivity contribution is 5.81. The smallest absolute Gasteiger partial charge is 0.407 e. The van der Waals surface area contributed by atoms with Crippen LogP contribution in [0.5, 0.6) is 0 Å². The lowest BCUT2D eigenvalue weighted by Crippen LogP contribution is -2.28. The monoisotopic (exact) mass is 259 g/mol. The number of rotatable bonds is 10. The minimum atomic E-state index is -0.513. The molecule has 0 spiro atoms. The molecule has 0 fully saturated rings. The highest BCUT2D eigenvalue weighted by atomic mass is 16.6. The third-order valence-corrected chi connectivity index (χ3v) is 1.90. The molecule has 1 amide bonds. The minimum Gasteiger partial charge on any atom is -0.461 e. The second kappa shape index (κ2) is 11.9. The zero-order valence-electron chi connectivity index (χ0n) is 10.8. The predicted molar refractivity (Wildman–Crippen MR) is 66.2 cm³/mol. The first-order chi connectivity index (χ1) is 8.70. The summed E-state index contributed by atoms with van der Waals surface area (Å²) in [5.41, 5.74) is 0. The molecule has 0 heterocycles. The van der Waals surface area contributed by atoms with Crippen LogP contribution in [0.2, 0.25) is 0 Å². The highest BCUT2D eigenvalue weighted by Gasteiger charge is 2.01. The van der Waals surface area contributed by atoms with Gasteiger partial charge in [0.05, 0.1) is 13.2 Å². The van der Waals surface area contributed by atoms with Crippen molar-refractivity contribution in [3.05, 3.63) is 12.7 Å². The number of alkyl carbamates (subject to hydrolysis) is 1. The average Bonchev–Trinajstić information content (AvgIpc) is 2.38. The number of amides is 1. The molecule has 0 saturated carbocycles. The summed E-state index contributed by atoms with van der Waals surface area (Å²) in [5.74, 6) is -0.513. The van der Waals surface area contributed by atoms with Gasteiger partial charge in [0.25, 0.3) is 0 Å². The third kappa shape index (κ3) is 10.9. The molecular weight excluding hydrogens is 238 g/mol. The van der Waals surface area contributed by atoms with E-state index in [1.807, 2.05) is 6.92 Å². The molecule has 1 N–H and O–H groups in total. The fourth-order valence-corrected chi connectivity index (χ4v) is 1.03. The van der Waals surface area contributed by atoms with Crippen LogP contribution in [0.4, 0.5) is 4.79 Å². The van der Waals surface area contributed by atoms with E-state index in [1.54, 1.807) is 0 Å². The number of hydrogen-bond donors (Lipinski definition) is 1. The van der Waals surface area contributed by atoms with Crippen molar-refractivity contribution in [1.29, 1.82) is 0 Å². The first kappa shape index (κ1) is 16.4. The number of nitrogens with one attached hydrogen (secondary N) is 1. The average molecular weight is 259 g/mol.